The van der Waals surface area contributed by atoms with Gasteiger partial charge in [0.15, 0.2) is 0 Å². The summed E-state index contributed by atoms with van der Waals surface area (Å²) >= 11 is 8.07. The van der Waals surface area contributed by atoms with Crippen LogP contribution in [0, 0.1) is 0 Å². The van der Waals surface area contributed by atoms with E-state index in [-0.39, 0.29) is 11.7 Å². The van der Waals surface area contributed by atoms with Gasteiger partial charge in [0.2, 0.25) is 10.0 Å². The van der Waals surface area contributed by atoms with Gasteiger partial charge in [0, 0.05) is 40.3 Å². The molecule has 31 heavy (non-hydrogen) atoms. The molecule has 1 aliphatic heterocycles. The van der Waals surface area contributed by atoms with Gasteiger partial charge in [0.25, 0.3) is 5.91 Å². The first-order chi connectivity index (χ1) is 14.8. The topological polar surface area (TPSA) is 79.4 Å². The second-order valence-corrected chi connectivity index (χ2v) is 10.6. The lowest BCUT2D eigenvalue weighted by Gasteiger charge is -2.26. The van der Waals surface area contributed by atoms with Gasteiger partial charge in [-0.1, -0.05) is 17.7 Å². The Labute approximate surface area is 190 Å². The van der Waals surface area contributed by atoms with Gasteiger partial charge in [-0.05, 0) is 66.1 Å². The van der Waals surface area contributed by atoms with Crippen molar-refractivity contribution in [1.82, 2.24) is 9.88 Å². The van der Waals surface area contributed by atoms with Crippen LogP contribution >= 0.6 is 22.9 Å². The van der Waals surface area contributed by atoms with E-state index in [2.05, 4.69) is 9.71 Å². The van der Waals surface area contributed by atoms with Gasteiger partial charge in [0.05, 0.1) is 6.26 Å². The molecule has 2 aromatic heterocycles. The number of pyridine rings is 1. The number of anilines is 1. The highest BCUT2D eigenvalue weighted by Crippen LogP contribution is 2.36. The Morgan fingerprint density at radius 3 is 2.58 bits per heavy atom. The molecule has 9 heteroatoms. The zero-order valence-electron chi connectivity index (χ0n) is 17.0. The summed E-state index contributed by atoms with van der Waals surface area (Å²) in [5, 5.41) is 2.52. The molecule has 3 aromatic rings. The number of aromatic nitrogens is 1. The SMILES string of the molecule is CS(=O)(=O)Nc1cc(-c2cc(-c3ccc(C(=O)N4CCCCC4)cc3Cl)cs2)ccn1. The van der Waals surface area contributed by atoms with E-state index in [0.29, 0.717) is 10.6 Å². The smallest absolute Gasteiger partial charge is 0.253 e. The van der Waals surface area contributed by atoms with Crippen molar-refractivity contribution in [3.8, 4) is 21.6 Å². The number of sulfonamides is 1. The molecule has 3 heterocycles. The zero-order valence-corrected chi connectivity index (χ0v) is 19.4. The predicted molar refractivity (Wildman–Crippen MR) is 126 cm³/mol. The molecule has 1 aromatic carbocycles. The summed E-state index contributed by atoms with van der Waals surface area (Å²) in [6.45, 7) is 1.60. The molecule has 0 unspecified atom stereocenters. The number of nitrogens with zero attached hydrogens (tertiary/aromatic N) is 2. The maximum Gasteiger partial charge on any atom is 0.253 e. The summed E-state index contributed by atoms with van der Waals surface area (Å²) in [5.41, 5.74) is 3.25. The fraction of sp³-hybridized carbons (Fsp3) is 0.273. The number of amides is 1. The molecule has 0 bridgehead atoms. The summed E-state index contributed by atoms with van der Waals surface area (Å²) < 4.78 is 25.3. The second-order valence-electron chi connectivity index (χ2n) is 7.55. The first-order valence-electron chi connectivity index (χ1n) is 9.92. The maximum atomic E-state index is 12.7. The molecule has 0 aliphatic carbocycles. The van der Waals surface area contributed by atoms with Crippen molar-refractivity contribution in [3.63, 3.8) is 0 Å². The van der Waals surface area contributed by atoms with Crippen LogP contribution in [0.5, 0.6) is 0 Å². The summed E-state index contributed by atoms with van der Waals surface area (Å²) in [6.07, 6.45) is 5.92. The lowest BCUT2D eigenvalue weighted by atomic mass is 10.0. The first-order valence-corrected chi connectivity index (χ1v) is 13.1. The van der Waals surface area contributed by atoms with Crippen LogP contribution in [0.1, 0.15) is 29.6 Å². The summed E-state index contributed by atoms with van der Waals surface area (Å²) in [5.74, 6) is 0.301. The molecule has 4 rings (SSSR count). The van der Waals surface area contributed by atoms with Gasteiger partial charge in [-0.25, -0.2) is 13.4 Å². The van der Waals surface area contributed by atoms with Gasteiger partial charge in [-0.3, -0.25) is 9.52 Å². The molecule has 0 saturated carbocycles. The zero-order chi connectivity index (χ0) is 22.0. The number of halogens is 1. The first kappa shape index (κ1) is 21.8. The van der Waals surface area contributed by atoms with Crippen molar-refractivity contribution < 1.29 is 13.2 Å². The number of carbonyl (C=O) groups excluding carboxylic acids is 1. The number of thiophene rings is 1. The number of carbonyl (C=O) groups is 1. The Kier molecular flexibility index (Phi) is 6.31. The number of piperidine rings is 1. The highest BCUT2D eigenvalue weighted by atomic mass is 35.5. The van der Waals surface area contributed by atoms with Gasteiger partial charge in [-0.15, -0.1) is 11.3 Å². The molecule has 0 atom stereocenters. The summed E-state index contributed by atoms with van der Waals surface area (Å²) in [7, 11) is -3.40. The number of nitrogens with one attached hydrogen (secondary N) is 1. The van der Waals surface area contributed by atoms with E-state index in [4.69, 9.17) is 11.6 Å². The van der Waals surface area contributed by atoms with Gasteiger partial charge >= 0.3 is 0 Å². The highest BCUT2D eigenvalue weighted by molar-refractivity contribution is 7.92. The van der Waals surface area contributed by atoms with Crippen molar-refractivity contribution in [3.05, 3.63) is 58.6 Å². The molecule has 6 nitrogen and oxygen atoms in total. The Bertz CT molecular complexity index is 1220. The van der Waals surface area contributed by atoms with E-state index < -0.39 is 10.0 Å². The molecular weight excluding hydrogens is 454 g/mol. The minimum absolute atomic E-state index is 0.0295. The van der Waals surface area contributed by atoms with E-state index in [9.17, 15) is 13.2 Å². The average Bonchev–Trinajstić information content (AvgIpc) is 3.23. The van der Waals surface area contributed by atoms with Crippen LogP contribution < -0.4 is 4.72 Å². The van der Waals surface area contributed by atoms with E-state index in [1.807, 2.05) is 34.5 Å². The largest absolute Gasteiger partial charge is 0.339 e. The monoisotopic (exact) mass is 475 g/mol. The van der Waals surface area contributed by atoms with Crippen LogP contribution in [0.4, 0.5) is 5.82 Å². The van der Waals surface area contributed by atoms with E-state index >= 15 is 0 Å². The van der Waals surface area contributed by atoms with Crippen LogP contribution in [-0.2, 0) is 10.0 Å². The summed E-state index contributed by atoms with van der Waals surface area (Å²) in [4.78, 5) is 19.6. The fourth-order valence-electron chi connectivity index (χ4n) is 3.62. The third-order valence-electron chi connectivity index (χ3n) is 5.10. The van der Waals surface area contributed by atoms with Gasteiger partial charge in [-0.2, -0.15) is 0 Å². The van der Waals surface area contributed by atoms with Crippen molar-refractivity contribution in [1.29, 1.82) is 0 Å². The highest BCUT2D eigenvalue weighted by Gasteiger charge is 2.19. The van der Waals surface area contributed by atoms with E-state index in [0.717, 1.165) is 53.8 Å². The van der Waals surface area contributed by atoms with E-state index in [1.165, 1.54) is 17.8 Å². The van der Waals surface area contributed by atoms with Crippen LogP contribution in [0.3, 0.4) is 0 Å². The Balaban J connectivity index is 1.56. The number of hydrogen-bond donors (Lipinski definition) is 1. The molecule has 0 radical (unpaired) electrons. The normalized spacial score (nSPS) is 14.5. The lowest BCUT2D eigenvalue weighted by Crippen LogP contribution is -2.35. The number of likely N-dealkylation sites (tertiary alicyclic amines) is 1. The minimum Gasteiger partial charge on any atom is -0.339 e. The standard InChI is InChI=1S/C22H22ClN3O3S2/c1-31(28,29)25-21-13-15(7-8-24-21)20-12-17(14-30-20)18-6-5-16(11-19(18)23)22(27)26-9-3-2-4-10-26/h5-8,11-14H,2-4,9-10H2,1H3,(H,24,25). The average molecular weight is 476 g/mol. The van der Waals surface area contributed by atoms with Gasteiger partial charge < -0.3 is 4.90 Å². The number of hydrogen-bond acceptors (Lipinski definition) is 5. The van der Waals surface area contributed by atoms with Crippen LogP contribution in [0.25, 0.3) is 21.6 Å². The van der Waals surface area contributed by atoms with Crippen LogP contribution in [-0.4, -0.2) is 43.6 Å². The van der Waals surface area contributed by atoms with Crippen molar-refractivity contribution in [2.75, 3.05) is 24.1 Å². The van der Waals surface area contributed by atoms with Gasteiger partial charge in [0.1, 0.15) is 5.82 Å². The summed E-state index contributed by atoms with van der Waals surface area (Å²) in [6, 6.07) is 11.0. The van der Waals surface area contributed by atoms with Crippen molar-refractivity contribution in [2.45, 2.75) is 19.3 Å². The minimum atomic E-state index is -3.40. The molecule has 162 valence electrons. The third kappa shape index (κ3) is 5.26. The molecule has 1 aliphatic rings. The molecular formula is C22H22ClN3O3S2. The second kappa shape index (κ2) is 8.98. The molecule has 1 N–H and O–H groups in total. The molecule has 1 saturated heterocycles. The predicted octanol–water partition coefficient (Wildman–Crippen LogP) is 5.13. The van der Waals surface area contributed by atoms with Crippen LogP contribution in [0.2, 0.25) is 5.02 Å². The lowest BCUT2D eigenvalue weighted by molar-refractivity contribution is 0.0724. The Hall–Kier alpha value is -2.42. The molecule has 1 amide bonds. The maximum absolute atomic E-state index is 12.7. The Morgan fingerprint density at radius 2 is 1.87 bits per heavy atom. The quantitative estimate of drug-likeness (QED) is 0.554. The number of rotatable bonds is 5. The van der Waals surface area contributed by atoms with E-state index in [1.54, 1.807) is 18.3 Å². The fourth-order valence-corrected chi connectivity index (χ4v) is 5.31. The van der Waals surface area contributed by atoms with Crippen molar-refractivity contribution >= 4 is 44.7 Å². The van der Waals surface area contributed by atoms with Crippen molar-refractivity contribution in [2.24, 2.45) is 0 Å². The number of benzene rings is 1. The third-order valence-corrected chi connectivity index (χ3v) is 6.98. The molecule has 1 fully saturated rings. The van der Waals surface area contributed by atoms with Crippen LogP contribution in [0.15, 0.2) is 48.0 Å². The Morgan fingerprint density at radius 1 is 1.10 bits per heavy atom. The molecule has 0 spiro atoms.